The first-order chi connectivity index (χ1) is 11.3. The zero-order valence-corrected chi connectivity index (χ0v) is 15.6. The molecular formula is C13H6Cl2F5N2STi-. The van der Waals surface area contributed by atoms with Crippen LogP contribution >= 0.6 is 18.6 Å². The first-order valence-electron chi connectivity index (χ1n) is 5.92. The Kier molecular flexibility index (Phi) is 8.52. The minimum absolute atomic E-state index is 0.0916. The molecule has 0 amide bonds. The molecule has 0 heterocycles. The molecule has 0 bridgehead atoms. The maximum absolute atomic E-state index is 13.4. The molecule has 0 aliphatic carbocycles. The molecular weight excluding hydrogens is 430 g/mol. The minimum atomic E-state index is -2.25. The monoisotopic (exact) mass is 435 g/mol. The molecule has 0 spiro atoms. The molecule has 0 aromatic heterocycles. The number of halogens is 7. The molecule has 2 aromatic carbocycles. The number of benzene rings is 2. The Bertz CT molecular complexity index is 748. The fourth-order valence-electron chi connectivity index (χ4n) is 1.50. The van der Waals surface area contributed by atoms with Crippen molar-refractivity contribution in [3.05, 3.63) is 52.8 Å². The quantitative estimate of drug-likeness (QED) is 0.134. The van der Waals surface area contributed by atoms with Crippen LogP contribution in [0.1, 0.15) is 5.56 Å². The third kappa shape index (κ3) is 4.86. The van der Waals surface area contributed by atoms with E-state index in [2.05, 4.69) is 10.2 Å². The Morgan fingerprint density at radius 1 is 0.875 bits per heavy atom. The predicted molar refractivity (Wildman–Crippen MR) is 78.9 cm³/mol. The average molecular weight is 436 g/mol. The number of rotatable bonds is 2. The number of hydrogen-bond donors (Lipinski definition) is 0. The summed E-state index contributed by atoms with van der Waals surface area (Å²) in [6.45, 7) is 1.68. The average Bonchev–Trinajstić information content (AvgIpc) is 2.55. The van der Waals surface area contributed by atoms with Crippen LogP contribution in [0.3, 0.4) is 0 Å². The van der Waals surface area contributed by atoms with E-state index in [4.69, 9.17) is 31.2 Å². The third-order valence-electron chi connectivity index (χ3n) is 2.64. The van der Waals surface area contributed by atoms with Crippen molar-refractivity contribution in [1.29, 1.82) is 0 Å². The second-order valence-corrected chi connectivity index (χ2v) is 7.10. The maximum atomic E-state index is 13.4. The summed E-state index contributed by atoms with van der Waals surface area (Å²) in [6.07, 6.45) is 0. The molecule has 24 heavy (non-hydrogen) atoms. The topological polar surface area (TPSA) is 24.7 Å². The zero-order valence-electron chi connectivity index (χ0n) is 11.7. The Morgan fingerprint density at radius 3 is 1.83 bits per heavy atom. The standard InChI is InChI=1S/C13H7F5N2S.2ClH.Ti/c1-5-3-2-4-6(13(5)21)19-20-12-10(17)8(15)7(14)9(16)11(12)18;;;/h2-4,21H,1H3;2*1H;/q;;;+2/p-3. The van der Waals surface area contributed by atoms with E-state index in [9.17, 15) is 22.0 Å². The van der Waals surface area contributed by atoms with Crippen LogP contribution in [0, 0.1) is 36.0 Å². The molecule has 2 rings (SSSR count). The molecule has 11 heteroatoms. The molecule has 128 valence electrons. The van der Waals surface area contributed by atoms with Gasteiger partial charge < -0.3 is 12.6 Å². The molecule has 0 saturated heterocycles. The van der Waals surface area contributed by atoms with E-state index >= 15 is 0 Å². The van der Waals surface area contributed by atoms with E-state index in [1.165, 1.54) is 6.07 Å². The summed E-state index contributed by atoms with van der Waals surface area (Å²) in [5.41, 5.74) is -0.602. The van der Waals surface area contributed by atoms with Crippen molar-refractivity contribution in [2.75, 3.05) is 0 Å². The SMILES string of the molecule is Cc1cccc(N=Nc2c(F)c(F)c(F)c(F)c2F)c1[S-].[Cl][Ti][Cl]. The molecule has 0 aliphatic heterocycles. The van der Waals surface area contributed by atoms with Gasteiger partial charge in [0.1, 0.15) is 0 Å². The summed E-state index contributed by atoms with van der Waals surface area (Å²) in [4.78, 5) is 0.269. The van der Waals surface area contributed by atoms with Crippen molar-refractivity contribution < 1.29 is 39.0 Å². The van der Waals surface area contributed by atoms with Crippen LogP contribution in [-0.4, -0.2) is 0 Å². The number of azo groups is 1. The second-order valence-electron chi connectivity index (χ2n) is 4.11. The van der Waals surface area contributed by atoms with Crippen molar-refractivity contribution in [2.24, 2.45) is 10.2 Å². The van der Waals surface area contributed by atoms with Gasteiger partial charge in [-0.2, -0.15) is 5.11 Å². The van der Waals surface area contributed by atoms with E-state index in [1.807, 2.05) is 0 Å². The predicted octanol–water partition coefficient (Wildman–Crippen LogP) is 6.39. The summed E-state index contributed by atoms with van der Waals surface area (Å²) < 4.78 is 65.6. The Balaban J connectivity index is 0.000000891. The summed E-state index contributed by atoms with van der Waals surface area (Å²) >= 11 is 4.44. The molecule has 0 unspecified atom stereocenters. The van der Waals surface area contributed by atoms with E-state index in [1.54, 1.807) is 19.1 Å². The van der Waals surface area contributed by atoms with Gasteiger partial charge in [-0.3, -0.25) is 0 Å². The second kappa shape index (κ2) is 9.63. The van der Waals surface area contributed by atoms with Gasteiger partial charge in [-0.05, 0) is 13.0 Å². The van der Waals surface area contributed by atoms with Crippen LogP contribution in [0.5, 0.6) is 0 Å². The van der Waals surface area contributed by atoms with Crippen LogP contribution in [-0.2, 0) is 29.7 Å². The molecule has 0 fully saturated rings. The van der Waals surface area contributed by atoms with Gasteiger partial charge in [0.25, 0.3) is 0 Å². The number of aryl methyl sites for hydroxylation is 1. The Morgan fingerprint density at radius 2 is 1.33 bits per heavy atom. The fraction of sp³-hybridized carbons (Fsp3) is 0.0769. The molecule has 2 nitrogen and oxygen atoms in total. The molecule has 0 radical (unpaired) electrons. The van der Waals surface area contributed by atoms with Crippen LogP contribution in [0.25, 0.3) is 0 Å². The molecule has 2 aromatic rings. The van der Waals surface area contributed by atoms with Crippen LogP contribution in [0.2, 0.25) is 0 Å². The molecule has 0 N–H and O–H groups in total. The van der Waals surface area contributed by atoms with Crippen molar-refractivity contribution in [2.45, 2.75) is 11.8 Å². The summed E-state index contributed by atoms with van der Waals surface area (Å²) in [6, 6.07) is 4.66. The van der Waals surface area contributed by atoms with Gasteiger partial charge in [-0.25, -0.2) is 22.0 Å². The summed E-state index contributed by atoms with van der Waals surface area (Å²) in [5, 5.41) is 6.56. The van der Waals surface area contributed by atoms with Crippen LogP contribution < -0.4 is 0 Å². The van der Waals surface area contributed by atoms with E-state index in [0.29, 0.717) is 5.56 Å². The summed E-state index contributed by atoms with van der Waals surface area (Å²) in [5.74, 6) is -10.5. The summed E-state index contributed by atoms with van der Waals surface area (Å²) in [7, 11) is 9.78. The molecule has 0 saturated carbocycles. The van der Waals surface area contributed by atoms with Crippen molar-refractivity contribution in [3.63, 3.8) is 0 Å². The van der Waals surface area contributed by atoms with Crippen molar-refractivity contribution in [3.8, 4) is 0 Å². The van der Waals surface area contributed by atoms with Gasteiger partial charge in [0.2, 0.25) is 5.82 Å². The van der Waals surface area contributed by atoms with E-state index in [0.717, 1.165) is 0 Å². The van der Waals surface area contributed by atoms with Gasteiger partial charge in [0.15, 0.2) is 29.0 Å². The van der Waals surface area contributed by atoms with Crippen LogP contribution in [0.15, 0.2) is 33.3 Å². The van der Waals surface area contributed by atoms with Gasteiger partial charge in [0.05, 0.1) is 5.69 Å². The Labute approximate surface area is 156 Å². The first-order valence-corrected chi connectivity index (χ1v) is 10.6. The molecule has 0 aliphatic rings. The van der Waals surface area contributed by atoms with E-state index in [-0.39, 0.29) is 10.6 Å². The Hall–Kier alpha value is -0.796. The molecule has 0 atom stereocenters. The van der Waals surface area contributed by atoms with Gasteiger partial charge in [-0.15, -0.1) is 10.0 Å². The van der Waals surface area contributed by atoms with Gasteiger partial charge in [0, 0.05) is 0 Å². The third-order valence-corrected chi connectivity index (χ3v) is 3.17. The fourth-order valence-corrected chi connectivity index (χ4v) is 1.68. The normalized spacial score (nSPS) is 10.5. The van der Waals surface area contributed by atoms with E-state index < -0.39 is 51.8 Å². The number of nitrogens with zero attached hydrogens (tertiary/aromatic N) is 2. The van der Waals surface area contributed by atoms with Crippen molar-refractivity contribution in [1.82, 2.24) is 0 Å². The van der Waals surface area contributed by atoms with Crippen LogP contribution in [0.4, 0.5) is 33.3 Å². The van der Waals surface area contributed by atoms with Gasteiger partial charge >= 0.3 is 35.6 Å². The van der Waals surface area contributed by atoms with Gasteiger partial charge in [-0.1, -0.05) is 17.7 Å². The zero-order chi connectivity index (χ0) is 18.4. The first kappa shape index (κ1) is 21.2. The van der Waals surface area contributed by atoms with Crippen molar-refractivity contribution >= 4 is 42.6 Å². The number of hydrogen-bond acceptors (Lipinski definition) is 3.